The average molecular weight is 436 g/mol. The first-order valence-electron chi connectivity index (χ1n) is 10.5. The maximum absolute atomic E-state index is 11.4. The minimum absolute atomic E-state index is 0.0514. The third-order valence-electron chi connectivity index (χ3n) is 4.60. The fourth-order valence-corrected chi connectivity index (χ4v) is 3.09. The Bertz CT molecular complexity index is 729. The lowest BCUT2D eigenvalue weighted by atomic mass is 10.1. The van der Waals surface area contributed by atoms with Crippen LogP contribution in [0, 0.1) is 0 Å². The van der Waals surface area contributed by atoms with Gasteiger partial charge >= 0.3 is 12.1 Å². The highest BCUT2D eigenvalue weighted by molar-refractivity contribution is 6.11. The topological polar surface area (TPSA) is 124 Å². The van der Waals surface area contributed by atoms with E-state index in [-0.39, 0.29) is 24.6 Å². The second-order valence-electron chi connectivity index (χ2n) is 8.48. The van der Waals surface area contributed by atoms with Crippen LogP contribution in [0.4, 0.5) is 15.4 Å². The number of hydrogen-bond donors (Lipinski definition) is 3. The molecule has 0 radical (unpaired) electrons. The number of hydrogen-bond acceptors (Lipinski definition) is 7. The van der Waals surface area contributed by atoms with E-state index in [0.29, 0.717) is 12.4 Å². The highest BCUT2D eigenvalue weighted by Gasteiger charge is 2.28. The highest BCUT2D eigenvalue weighted by atomic mass is 16.6. The van der Waals surface area contributed by atoms with Gasteiger partial charge in [0.25, 0.3) is 0 Å². The van der Waals surface area contributed by atoms with Crippen molar-refractivity contribution in [3.8, 4) is 0 Å². The molecule has 0 aromatic carbocycles. The first kappa shape index (κ1) is 24.5. The first-order valence-corrected chi connectivity index (χ1v) is 10.5. The van der Waals surface area contributed by atoms with Crippen LogP contribution in [0.1, 0.15) is 40.0 Å². The lowest BCUT2D eigenvalue weighted by molar-refractivity contribution is -0.117. The second kappa shape index (κ2) is 11.6. The Morgan fingerprint density at radius 1 is 1.29 bits per heavy atom. The largest absolute Gasteiger partial charge is 0.444 e. The van der Waals surface area contributed by atoms with Crippen molar-refractivity contribution in [3.63, 3.8) is 0 Å². The van der Waals surface area contributed by atoms with Gasteiger partial charge in [-0.2, -0.15) is 0 Å². The summed E-state index contributed by atoms with van der Waals surface area (Å²) in [5.41, 5.74) is -0.437. The number of imide groups is 1. The number of aliphatic hydroxyl groups excluding tert-OH is 1. The zero-order valence-corrected chi connectivity index (χ0v) is 18.5. The van der Waals surface area contributed by atoms with Gasteiger partial charge in [0.15, 0.2) is 0 Å². The van der Waals surface area contributed by atoms with Crippen molar-refractivity contribution in [3.05, 3.63) is 24.4 Å². The van der Waals surface area contributed by atoms with Gasteiger partial charge in [-0.3, -0.25) is 15.0 Å². The molecule has 0 atom stereocenters. The maximum Gasteiger partial charge on any atom is 0.407 e. The summed E-state index contributed by atoms with van der Waals surface area (Å²) in [5.74, 6) is 0.196. The van der Waals surface area contributed by atoms with Gasteiger partial charge in [0.05, 0.1) is 6.10 Å². The minimum Gasteiger partial charge on any atom is -0.444 e. The van der Waals surface area contributed by atoms with Crippen LogP contribution in [-0.4, -0.2) is 77.5 Å². The van der Waals surface area contributed by atoms with Gasteiger partial charge in [0.1, 0.15) is 18.0 Å². The van der Waals surface area contributed by atoms with Crippen molar-refractivity contribution in [2.24, 2.45) is 0 Å². The Kier molecular flexibility index (Phi) is 9.20. The van der Waals surface area contributed by atoms with Crippen LogP contribution < -0.4 is 15.5 Å². The number of aliphatic hydroxyl groups is 1. The van der Waals surface area contributed by atoms with Crippen molar-refractivity contribution in [1.82, 2.24) is 20.5 Å². The summed E-state index contributed by atoms with van der Waals surface area (Å²) >= 11 is 0. The lowest BCUT2D eigenvalue weighted by Gasteiger charge is -2.29. The third-order valence-corrected chi connectivity index (χ3v) is 4.60. The van der Waals surface area contributed by atoms with Gasteiger partial charge in [-0.1, -0.05) is 6.07 Å². The predicted octanol–water partition coefficient (Wildman–Crippen LogP) is 1.50. The number of likely N-dealkylation sites (tertiary alicyclic amines) is 1. The molecule has 0 unspecified atom stereocenters. The van der Waals surface area contributed by atoms with Gasteiger partial charge in [0.2, 0.25) is 5.91 Å². The van der Waals surface area contributed by atoms with Crippen LogP contribution in [0.25, 0.3) is 0 Å². The number of rotatable bonds is 5. The number of alkyl carbamates (subject to hydrolysis) is 1. The average Bonchev–Trinajstić information content (AvgIpc) is 3.04. The zero-order valence-electron chi connectivity index (χ0n) is 18.5. The quantitative estimate of drug-likeness (QED) is 0.473. The molecular formula is C21H33N5O5. The molecule has 2 aliphatic rings. The van der Waals surface area contributed by atoms with Gasteiger partial charge in [0, 0.05) is 25.8 Å². The summed E-state index contributed by atoms with van der Waals surface area (Å²) in [7, 11) is 0. The molecule has 4 amide bonds. The smallest absolute Gasteiger partial charge is 0.407 e. The Hall–Kier alpha value is -2.72. The second-order valence-corrected chi connectivity index (χ2v) is 8.48. The van der Waals surface area contributed by atoms with Crippen molar-refractivity contribution in [2.45, 2.75) is 51.7 Å². The minimum atomic E-state index is -0.437. The number of ether oxygens (including phenoxy) is 1. The van der Waals surface area contributed by atoms with Crippen molar-refractivity contribution in [2.75, 3.05) is 37.6 Å². The van der Waals surface area contributed by atoms with Crippen molar-refractivity contribution < 1.29 is 24.2 Å². The van der Waals surface area contributed by atoms with Crippen LogP contribution in [0.15, 0.2) is 24.4 Å². The number of amides is 4. The van der Waals surface area contributed by atoms with Crippen LogP contribution in [0.2, 0.25) is 0 Å². The SMILES string of the molecule is CC(C)(C)OC(=O)NCCCN1CCC(O)CC1.O=C1CN(c2ccccn2)C(=O)N1. The number of anilines is 1. The first-order chi connectivity index (χ1) is 14.6. The normalized spacial score (nSPS) is 17.6. The molecule has 172 valence electrons. The van der Waals surface area contributed by atoms with Gasteiger partial charge in [-0.15, -0.1) is 0 Å². The number of piperidine rings is 1. The number of carbonyl (C=O) groups is 3. The Balaban J connectivity index is 0.000000231. The monoisotopic (exact) mass is 435 g/mol. The van der Waals surface area contributed by atoms with E-state index in [1.807, 2.05) is 20.8 Å². The highest BCUT2D eigenvalue weighted by Crippen LogP contribution is 2.12. The molecule has 0 aliphatic carbocycles. The third kappa shape index (κ3) is 9.31. The van der Waals surface area contributed by atoms with E-state index in [0.717, 1.165) is 38.9 Å². The van der Waals surface area contributed by atoms with E-state index in [1.165, 1.54) is 4.90 Å². The van der Waals surface area contributed by atoms with Crippen LogP contribution in [-0.2, 0) is 9.53 Å². The van der Waals surface area contributed by atoms with Crippen LogP contribution >= 0.6 is 0 Å². The molecule has 0 bridgehead atoms. The molecule has 0 spiro atoms. The number of urea groups is 1. The predicted molar refractivity (Wildman–Crippen MR) is 116 cm³/mol. The molecular weight excluding hydrogens is 402 g/mol. The zero-order chi connectivity index (χ0) is 22.9. The summed E-state index contributed by atoms with van der Waals surface area (Å²) in [6.45, 7) is 9.11. The number of nitrogens with one attached hydrogen (secondary N) is 2. The molecule has 0 saturated carbocycles. The molecule has 1 aromatic heterocycles. The summed E-state index contributed by atoms with van der Waals surface area (Å²) in [6.07, 6.45) is 3.73. The van der Waals surface area contributed by atoms with E-state index in [2.05, 4.69) is 20.5 Å². The summed E-state index contributed by atoms with van der Waals surface area (Å²) < 4.78 is 5.15. The standard InChI is InChI=1S/C13H26N2O3.C8H7N3O2/c1-13(2,3)18-12(17)14-7-4-8-15-9-5-11(16)6-10-15;12-7-5-11(8(13)10-7)6-3-1-2-4-9-6/h11,16H,4-10H2,1-3H3,(H,14,17);1-4H,5H2,(H,10,12,13). The van der Waals surface area contributed by atoms with Gasteiger partial charge < -0.3 is 20.1 Å². The fraction of sp³-hybridized carbons (Fsp3) is 0.619. The Morgan fingerprint density at radius 3 is 2.55 bits per heavy atom. The Labute approximate surface area is 182 Å². The number of pyridine rings is 1. The maximum atomic E-state index is 11.4. The molecule has 31 heavy (non-hydrogen) atoms. The molecule has 3 heterocycles. The Morgan fingerprint density at radius 2 is 2.00 bits per heavy atom. The van der Waals surface area contributed by atoms with E-state index in [4.69, 9.17) is 4.74 Å². The van der Waals surface area contributed by atoms with Crippen LogP contribution in [0.5, 0.6) is 0 Å². The van der Waals surface area contributed by atoms with E-state index in [9.17, 15) is 19.5 Å². The lowest BCUT2D eigenvalue weighted by Crippen LogP contribution is -2.38. The summed E-state index contributed by atoms with van der Waals surface area (Å²) in [5, 5.41) is 14.3. The molecule has 10 heteroatoms. The molecule has 2 aliphatic heterocycles. The van der Waals surface area contributed by atoms with Gasteiger partial charge in [-0.05, 0) is 58.7 Å². The van der Waals surface area contributed by atoms with E-state index in [1.54, 1.807) is 24.4 Å². The summed E-state index contributed by atoms with van der Waals surface area (Å²) in [4.78, 5) is 40.9. The molecule has 2 fully saturated rings. The number of carbonyl (C=O) groups excluding carboxylic acids is 3. The van der Waals surface area contributed by atoms with Crippen molar-refractivity contribution >= 4 is 23.8 Å². The van der Waals surface area contributed by atoms with E-state index < -0.39 is 11.6 Å². The number of nitrogens with zero attached hydrogens (tertiary/aromatic N) is 3. The molecule has 3 N–H and O–H groups in total. The summed E-state index contributed by atoms with van der Waals surface area (Å²) in [6, 6.07) is 4.78. The van der Waals surface area contributed by atoms with Crippen molar-refractivity contribution in [1.29, 1.82) is 0 Å². The molecule has 1 aromatic rings. The fourth-order valence-electron chi connectivity index (χ4n) is 3.09. The van der Waals surface area contributed by atoms with E-state index >= 15 is 0 Å². The molecule has 10 nitrogen and oxygen atoms in total. The molecule has 2 saturated heterocycles. The molecule has 3 rings (SSSR count). The van der Waals surface area contributed by atoms with Crippen LogP contribution in [0.3, 0.4) is 0 Å². The number of aromatic nitrogens is 1. The van der Waals surface area contributed by atoms with Gasteiger partial charge in [-0.25, -0.2) is 14.6 Å².